The molecular formula is C20H35N3O2. The molecule has 5 heteroatoms. The SMILES string of the molecule is O=C(NCC1CCCN(C(=O)CCC2CCCCC2)C1)C1CCCN1. The fourth-order valence-electron chi connectivity index (χ4n) is 4.70. The molecule has 0 spiro atoms. The van der Waals surface area contributed by atoms with Crippen molar-refractivity contribution in [2.45, 2.75) is 76.7 Å². The second-order valence-electron chi connectivity index (χ2n) is 8.28. The van der Waals surface area contributed by atoms with Crippen LogP contribution in [-0.2, 0) is 9.59 Å². The summed E-state index contributed by atoms with van der Waals surface area (Å²) in [5, 5.41) is 6.34. The number of rotatable bonds is 6. The number of likely N-dealkylation sites (tertiary alicyclic amines) is 1. The molecule has 2 N–H and O–H groups in total. The highest BCUT2D eigenvalue weighted by molar-refractivity contribution is 5.82. The Hall–Kier alpha value is -1.10. The summed E-state index contributed by atoms with van der Waals surface area (Å²) in [5.41, 5.74) is 0. The standard InChI is InChI=1S/C20H35N3O2/c24-19(11-10-16-6-2-1-3-7-16)23-13-5-8-17(15-23)14-22-20(25)18-9-4-12-21-18/h16-18,21H,1-15H2,(H,22,25). The van der Waals surface area contributed by atoms with E-state index in [2.05, 4.69) is 15.5 Å². The van der Waals surface area contributed by atoms with Crippen molar-refractivity contribution in [3.63, 3.8) is 0 Å². The molecule has 5 nitrogen and oxygen atoms in total. The Labute approximate surface area is 152 Å². The maximum atomic E-state index is 12.6. The van der Waals surface area contributed by atoms with Crippen LogP contribution in [0.25, 0.3) is 0 Å². The fourth-order valence-corrected chi connectivity index (χ4v) is 4.70. The van der Waals surface area contributed by atoms with E-state index >= 15 is 0 Å². The second kappa shape index (κ2) is 9.56. The van der Waals surface area contributed by atoms with Crippen molar-refractivity contribution < 1.29 is 9.59 Å². The molecule has 0 aromatic rings. The molecule has 3 rings (SSSR count). The molecule has 0 radical (unpaired) electrons. The Balaban J connectivity index is 1.36. The van der Waals surface area contributed by atoms with E-state index < -0.39 is 0 Å². The first-order chi connectivity index (χ1) is 12.2. The molecule has 2 heterocycles. The number of carbonyl (C=O) groups excluding carboxylic acids is 2. The van der Waals surface area contributed by atoms with E-state index in [0.717, 1.165) is 64.1 Å². The lowest BCUT2D eigenvalue weighted by Gasteiger charge is -2.33. The van der Waals surface area contributed by atoms with E-state index in [0.29, 0.717) is 18.4 Å². The number of nitrogens with one attached hydrogen (secondary N) is 2. The van der Waals surface area contributed by atoms with Gasteiger partial charge in [0.05, 0.1) is 6.04 Å². The number of amides is 2. The molecule has 2 saturated heterocycles. The van der Waals surface area contributed by atoms with Crippen LogP contribution in [-0.4, -0.2) is 48.9 Å². The van der Waals surface area contributed by atoms with E-state index in [4.69, 9.17) is 0 Å². The maximum Gasteiger partial charge on any atom is 0.237 e. The summed E-state index contributed by atoms with van der Waals surface area (Å²) in [6, 6.07) is -0.00295. The van der Waals surface area contributed by atoms with Crippen LogP contribution in [0.15, 0.2) is 0 Å². The summed E-state index contributed by atoms with van der Waals surface area (Å²) >= 11 is 0. The van der Waals surface area contributed by atoms with Crippen LogP contribution in [0.1, 0.15) is 70.6 Å². The minimum absolute atomic E-state index is 0.00295. The Morgan fingerprint density at radius 3 is 2.52 bits per heavy atom. The summed E-state index contributed by atoms with van der Waals surface area (Å²) in [7, 11) is 0. The number of carbonyl (C=O) groups is 2. The highest BCUT2D eigenvalue weighted by Crippen LogP contribution is 2.28. The van der Waals surface area contributed by atoms with Gasteiger partial charge < -0.3 is 15.5 Å². The van der Waals surface area contributed by atoms with Crippen molar-refractivity contribution >= 4 is 11.8 Å². The summed E-state index contributed by atoms with van der Waals surface area (Å²) in [6.45, 7) is 3.38. The van der Waals surface area contributed by atoms with Crippen molar-refractivity contribution in [3.8, 4) is 0 Å². The van der Waals surface area contributed by atoms with Gasteiger partial charge in [0.25, 0.3) is 0 Å². The van der Waals surface area contributed by atoms with Crippen molar-refractivity contribution in [2.75, 3.05) is 26.2 Å². The van der Waals surface area contributed by atoms with Gasteiger partial charge in [0.15, 0.2) is 0 Å². The van der Waals surface area contributed by atoms with Crippen LogP contribution in [0.2, 0.25) is 0 Å². The highest BCUT2D eigenvalue weighted by atomic mass is 16.2. The molecular weight excluding hydrogens is 314 g/mol. The van der Waals surface area contributed by atoms with Crippen molar-refractivity contribution in [2.24, 2.45) is 11.8 Å². The lowest BCUT2D eigenvalue weighted by Crippen LogP contribution is -2.46. The monoisotopic (exact) mass is 349 g/mol. The van der Waals surface area contributed by atoms with Gasteiger partial charge in [-0.25, -0.2) is 0 Å². The Morgan fingerprint density at radius 2 is 1.76 bits per heavy atom. The van der Waals surface area contributed by atoms with Gasteiger partial charge in [0.2, 0.25) is 11.8 Å². The van der Waals surface area contributed by atoms with E-state index in [1.165, 1.54) is 32.1 Å². The molecule has 1 aliphatic carbocycles. The largest absolute Gasteiger partial charge is 0.354 e. The molecule has 0 aromatic carbocycles. The zero-order valence-electron chi connectivity index (χ0n) is 15.6. The summed E-state index contributed by atoms with van der Waals surface area (Å²) in [6.07, 6.45) is 12.7. The molecule has 0 bridgehead atoms. The van der Waals surface area contributed by atoms with E-state index in [1.54, 1.807) is 0 Å². The van der Waals surface area contributed by atoms with Crippen molar-refractivity contribution in [1.82, 2.24) is 15.5 Å². The Morgan fingerprint density at radius 1 is 0.960 bits per heavy atom. The van der Waals surface area contributed by atoms with Crippen LogP contribution < -0.4 is 10.6 Å². The fraction of sp³-hybridized carbons (Fsp3) is 0.900. The quantitative estimate of drug-likeness (QED) is 0.774. The molecule has 2 aliphatic heterocycles. The van der Waals surface area contributed by atoms with Gasteiger partial charge in [0.1, 0.15) is 0 Å². The van der Waals surface area contributed by atoms with Crippen molar-refractivity contribution in [1.29, 1.82) is 0 Å². The third kappa shape index (κ3) is 5.70. The van der Waals surface area contributed by atoms with Gasteiger partial charge in [-0.05, 0) is 50.5 Å². The molecule has 2 atom stereocenters. The zero-order valence-corrected chi connectivity index (χ0v) is 15.6. The topological polar surface area (TPSA) is 61.4 Å². The third-order valence-corrected chi connectivity index (χ3v) is 6.30. The normalized spacial score (nSPS) is 28.1. The number of hydrogen-bond donors (Lipinski definition) is 2. The number of piperidine rings is 1. The van der Waals surface area contributed by atoms with E-state index in [1.807, 2.05) is 0 Å². The molecule has 142 valence electrons. The molecule has 2 amide bonds. The molecule has 3 fully saturated rings. The van der Waals surface area contributed by atoms with Gasteiger partial charge >= 0.3 is 0 Å². The van der Waals surface area contributed by atoms with Crippen molar-refractivity contribution in [3.05, 3.63) is 0 Å². The first kappa shape index (κ1) is 18.7. The van der Waals surface area contributed by atoms with Crippen LogP contribution in [0.4, 0.5) is 0 Å². The smallest absolute Gasteiger partial charge is 0.237 e. The van der Waals surface area contributed by atoms with Crippen LogP contribution in [0.5, 0.6) is 0 Å². The Kier molecular flexibility index (Phi) is 7.14. The molecule has 0 aromatic heterocycles. The second-order valence-corrected chi connectivity index (χ2v) is 8.28. The number of hydrogen-bond acceptors (Lipinski definition) is 3. The lowest BCUT2D eigenvalue weighted by molar-refractivity contribution is -0.133. The van der Waals surface area contributed by atoms with Gasteiger partial charge in [-0.15, -0.1) is 0 Å². The highest BCUT2D eigenvalue weighted by Gasteiger charge is 2.26. The van der Waals surface area contributed by atoms with Crippen LogP contribution in [0, 0.1) is 11.8 Å². The minimum Gasteiger partial charge on any atom is -0.354 e. The third-order valence-electron chi connectivity index (χ3n) is 6.30. The first-order valence-electron chi connectivity index (χ1n) is 10.5. The molecule has 25 heavy (non-hydrogen) atoms. The van der Waals surface area contributed by atoms with Gasteiger partial charge in [-0.1, -0.05) is 32.1 Å². The van der Waals surface area contributed by atoms with Crippen LogP contribution in [0.3, 0.4) is 0 Å². The minimum atomic E-state index is -0.00295. The average molecular weight is 350 g/mol. The molecule has 2 unspecified atom stereocenters. The van der Waals surface area contributed by atoms with Crippen LogP contribution >= 0.6 is 0 Å². The summed E-state index contributed by atoms with van der Waals surface area (Å²) in [4.78, 5) is 26.7. The van der Waals surface area contributed by atoms with Gasteiger partial charge in [-0.2, -0.15) is 0 Å². The predicted octanol–water partition coefficient (Wildman–Crippen LogP) is 2.45. The predicted molar refractivity (Wildman–Crippen MR) is 99.1 cm³/mol. The van der Waals surface area contributed by atoms with E-state index in [9.17, 15) is 9.59 Å². The Bertz CT molecular complexity index is 442. The maximum absolute atomic E-state index is 12.6. The van der Waals surface area contributed by atoms with Gasteiger partial charge in [-0.3, -0.25) is 9.59 Å². The average Bonchev–Trinajstić information content (AvgIpc) is 3.20. The molecule has 1 saturated carbocycles. The zero-order chi connectivity index (χ0) is 17.5. The van der Waals surface area contributed by atoms with Gasteiger partial charge in [0, 0.05) is 26.1 Å². The number of nitrogens with zero attached hydrogens (tertiary/aromatic N) is 1. The molecule has 3 aliphatic rings. The van der Waals surface area contributed by atoms with E-state index in [-0.39, 0.29) is 11.9 Å². The summed E-state index contributed by atoms with van der Waals surface area (Å²) < 4.78 is 0. The lowest BCUT2D eigenvalue weighted by atomic mass is 9.86. The first-order valence-corrected chi connectivity index (χ1v) is 10.5. The summed E-state index contributed by atoms with van der Waals surface area (Å²) in [5.74, 6) is 1.66.